The summed E-state index contributed by atoms with van der Waals surface area (Å²) >= 11 is 0. The summed E-state index contributed by atoms with van der Waals surface area (Å²) < 4.78 is 0. The predicted molar refractivity (Wildman–Crippen MR) is 58.5 cm³/mol. The molecule has 1 unspecified atom stereocenters. The first-order valence-corrected chi connectivity index (χ1v) is 5.11. The number of nitrogens with one attached hydrogen (secondary N) is 3. The molecule has 15 heavy (non-hydrogen) atoms. The highest BCUT2D eigenvalue weighted by Gasteiger charge is 2.12. The van der Waals surface area contributed by atoms with E-state index in [0.717, 1.165) is 6.42 Å². The third kappa shape index (κ3) is 7.75. The van der Waals surface area contributed by atoms with Gasteiger partial charge < -0.3 is 21.5 Å². The van der Waals surface area contributed by atoms with Crippen molar-refractivity contribution in [3.05, 3.63) is 0 Å². The smallest absolute Gasteiger partial charge is 0.248 e. The lowest BCUT2D eigenvalue weighted by atomic mass is 10.2. The van der Waals surface area contributed by atoms with Crippen molar-refractivity contribution in [2.45, 2.75) is 32.3 Å². The van der Waals surface area contributed by atoms with Crippen LogP contribution in [0.3, 0.4) is 0 Å². The highest BCUT2D eigenvalue weighted by Crippen LogP contribution is 1.96. The molecule has 0 radical (unpaired) electrons. The number of carbonyl (C=O) groups excluding carboxylic acids is 1. The Morgan fingerprint density at radius 1 is 1.47 bits per heavy atom. The molecule has 0 saturated heterocycles. The van der Waals surface area contributed by atoms with Crippen molar-refractivity contribution in [3.63, 3.8) is 0 Å². The van der Waals surface area contributed by atoms with Crippen LogP contribution in [-0.2, 0) is 4.79 Å². The maximum atomic E-state index is 11.2. The summed E-state index contributed by atoms with van der Waals surface area (Å²) in [7, 11) is 0. The number of carbonyl (C=O) groups is 1. The Morgan fingerprint density at radius 3 is 2.67 bits per heavy atom. The van der Waals surface area contributed by atoms with Gasteiger partial charge in [-0.15, -0.1) is 0 Å². The lowest BCUT2D eigenvalue weighted by molar-refractivity contribution is -0.129. The number of aliphatic hydroxyl groups excluding tert-OH is 1. The van der Waals surface area contributed by atoms with Gasteiger partial charge in [0.25, 0.3) is 0 Å². The summed E-state index contributed by atoms with van der Waals surface area (Å²) in [5.41, 5.74) is 5.07. The lowest BCUT2D eigenvalue weighted by Gasteiger charge is -2.10. The number of amides is 1. The van der Waals surface area contributed by atoms with Crippen molar-refractivity contribution in [3.8, 4) is 0 Å². The largest absolute Gasteiger partial charge is 0.383 e. The number of guanidine groups is 1. The molecule has 0 aliphatic heterocycles. The van der Waals surface area contributed by atoms with E-state index in [1.165, 1.54) is 0 Å². The van der Waals surface area contributed by atoms with Crippen molar-refractivity contribution in [2.24, 2.45) is 5.73 Å². The van der Waals surface area contributed by atoms with Crippen LogP contribution in [0.15, 0.2) is 0 Å². The Bertz CT molecular complexity index is 208. The van der Waals surface area contributed by atoms with E-state index in [0.29, 0.717) is 25.9 Å². The van der Waals surface area contributed by atoms with Gasteiger partial charge in [0.05, 0.1) is 0 Å². The van der Waals surface area contributed by atoms with Crippen LogP contribution in [0.25, 0.3) is 0 Å². The highest BCUT2D eigenvalue weighted by atomic mass is 16.3. The number of hydrogen-bond acceptors (Lipinski definition) is 3. The molecule has 0 saturated carbocycles. The molecule has 0 fully saturated rings. The lowest BCUT2D eigenvalue weighted by Crippen LogP contribution is -2.36. The number of nitrogens with two attached hydrogens (primary N) is 1. The molecule has 1 amide bonds. The monoisotopic (exact) mass is 216 g/mol. The first kappa shape index (κ1) is 13.7. The van der Waals surface area contributed by atoms with Gasteiger partial charge in [-0.3, -0.25) is 10.2 Å². The molecular weight excluding hydrogens is 196 g/mol. The van der Waals surface area contributed by atoms with Crippen LogP contribution < -0.4 is 16.4 Å². The fourth-order valence-corrected chi connectivity index (χ4v) is 1.02. The molecule has 0 bridgehead atoms. The molecule has 0 rings (SSSR count). The molecular formula is C9H20N4O2. The van der Waals surface area contributed by atoms with E-state index in [4.69, 9.17) is 11.1 Å². The fourth-order valence-electron chi connectivity index (χ4n) is 1.02. The summed E-state index contributed by atoms with van der Waals surface area (Å²) in [4.78, 5) is 11.2. The summed E-state index contributed by atoms with van der Waals surface area (Å²) in [6, 6.07) is 0. The highest BCUT2D eigenvalue weighted by molar-refractivity contribution is 5.80. The van der Waals surface area contributed by atoms with Crippen LogP contribution in [0.1, 0.15) is 26.2 Å². The Labute approximate surface area is 89.7 Å². The third-order valence-electron chi connectivity index (χ3n) is 1.82. The zero-order valence-corrected chi connectivity index (χ0v) is 9.05. The van der Waals surface area contributed by atoms with Crippen LogP contribution in [0.4, 0.5) is 0 Å². The summed E-state index contributed by atoms with van der Waals surface area (Å²) in [6.45, 7) is 3.03. The third-order valence-corrected chi connectivity index (χ3v) is 1.82. The summed E-state index contributed by atoms with van der Waals surface area (Å²) in [5.74, 6) is -0.431. The SMILES string of the molecule is CCCNC(=O)C(O)CCCNC(=N)N. The molecule has 0 aliphatic rings. The minimum absolute atomic E-state index is 0.0973. The number of aliphatic hydroxyl groups is 1. The standard InChI is InChI=1S/C9H20N4O2/c1-2-5-12-8(15)7(14)4-3-6-13-9(10)11/h7,14H,2-6H2,1H3,(H,12,15)(H4,10,11,13). The van der Waals surface area contributed by atoms with Crippen LogP contribution >= 0.6 is 0 Å². The molecule has 6 N–H and O–H groups in total. The van der Waals surface area contributed by atoms with E-state index in [2.05, 4.69) is 10.6 Å². The van der Waals surface area contributed by atoms with E-state index >= 15 is 0 Å². The van der Waals surface area contributed by atoms with Crippen molar-refractivity contribution >= 4 is 11.9 Å². The second-order valence-corrected chi connectivity index (χ2v) is 3.29. The maximum Gasteiger partial charge on any atom is 0.248 e. The molecule has 1 atom stereocenters. The van der Waals surface area contributed by atoms with Crippen LogP contribution in [0.5, 0.6) is 0 Å². The molecule has 0 aromatic heterocycles. The zero-order valence-electron chi connectivity index (χ0n) is 9.05. The topological polar surface area (TPSA) is 111 Å². The van der Waals surface area contributed by atoms with Crippen molar-refractivity contribution in [1.82, 2.24) is 10.6 Å². The van der Waals surface area contributed by atoms with E-state index in [-0.39, 0.29) is 11.9 Å². The minimum atomic E-state index is -0.967. The van der Waals surface area contributed by atoms with Gasteiger partial charge in [-0.2, -0.15) is 0 Å². The number of rotatable bonds is 7. The van der Waals surface area contributed by atoms with Gasteiger partial charge in [0, 0.05) is 13.1 Å². The average molecular weight is 216 g/mol. The van der Waals surface area contributed by atoms with Crippen LogP contribution in [0.2, 0.25) is 0 Å². The van der Waals surface area contributed by atoms with Crippen LogP contribution in [0, 0.1) is 5.41 Å². The minimum Gasteiger partial charge on any atom is -0.383 e. The van der Waals surface area contributed by atoms with Crippen molar-refractivity contribution in [2.75, 3.05) is 13.1 Å². The fraction of sp³-hybridized carbons (Fsp3) is 0.778. The molecule has 6 heteroatoms. The molecule has 0 aliphatic carbocycles. The van der Waals surface area contributed by atoms with E-state index in [9.17, 15) is 9.90 Å². The van der Waals surface area contributed by atoms with Crippen molar-refractivity contribution < 1.29 is 9.90 Å². The Balaban J connectivity index is 3.50. The second-order valence-electron chi connectivity index (χ2n) is 3.29. The van der Waals surface area contributed by atoms with Gasteiger partial charge in [-0.1, -0.05) is 6.92 Å². The average Bonchev–Trinajstić information content (AvgIpc) is 2.20. The quantitative estimate of drug-likeness (QED) is 0.216. The van der Waals surface area contributed by atoms with Gasteiger partial charge >= 0.3 is 0 Å². The normalized spacial score (nSPS) is 11.9. The number of hydrogen-bond donors (Lipinski definition) is 5. The Kier molecular flexibility index (Phi) is 7.35. The zero-order chi connectivity index (χ0) is 11.7. The van der Waals surface area contributed by atoms with Gasteiger partial charge in [0.15, 0.2) is 5.96 Å². The Hall–Kier alpha value is -1.30. The molecule has 0 spiro atoms. The first-order valence-electron chi connectivity index (χ1n) is 5.11. The molecule has 6 nitrogen and oxygen atoms in total. The summed E-state index contributed by atoms with van der Waals surface area (Å²) in [6.07, 6.45) is 0.853. The van der Waals surface area contributed by atoms with Crippen LogP contribution in [-0.4, -0.2) is 36.2 Å². The van der Waals surface area contributed by atoms with Gasteiger partial charge in [0.2, 0.25) is 5.91 Å². The second kappa shape index (κ2) is 8.05. The van der Waals surface area contributed by atoms with E-state index in [1.807, 2.05) is 6.92 Å². The maximum absolute atomic E-state index is 11.2. The van der Waals surface area contributed by atoms with E-state index in [1.54, 1.807) is 0 Å². The molecule has 0 aromatic rings. The first-order chi connectivity index (χ1) is 7.07. The van der Waals surface area contributed by atoms with Gasteiger partial charge in [0.1, 0.15) is 6.10 Å². The molecule has 0 heterocycles. The van der Waals surface area contributed by atoms with Gasteiger partial charge in [-0.05, 0) is 19.3 Å². The van der Waals surface area contributed by atoms with E-state index < -0.39 is 6.10 Å². The molecule has 88 valence electrons. The Morgan fingerprint density at radius 2 is 2.13 bits per heavy atom. The van der Waals surface area contributed by atoms with Crippen molar-refractivity contribution in [1.29, 1.82) is 5.41 Å². The molecule has 0 aromatic carbocycles. The summed E-state index contributed by atoms with van der Waals surface area (Å²) in [5, 5.41) is 21.5. The predicted octanol–water partition coefficient (Wildman–Crippen LogP) is -0.863. The van der Waals surface area contributed by atoms with Gasteiger partial charge in [-0.25, -0.2) is 0 Å².